The summed E-state index contributed by atoms with van der Waals surface area (Å²) in [6.07, 6.45) is 9.08. The van der Waals surface area contributed by atoms with Crippen LogP contribution >= 0.6 is 0 Å². The predicted octanol–water partition coefficient (Wildman–Crippen LogP) is 2.14. The minimum atomic E-state index is 0.889. The number of hydrogen-bond acceptors (Lipinski definition) is 3. The van der Waals surface area contributed by atoms with Crippen molar-refractivity contribution in [3.05, 3.63) is 54.4 Å². The molecular formula is C13H12N4. The third-order valence-corrected chi connectivity index (χ3v) is 2.71. The van der Waals surface area contributed by atoms with Crippen LogP contribution in [0.5, 0.6) is 0 Å². The molecule has 0 fully saturated rings. The standard InChI is InChI=1S/C13H12N4/c1-2-10(8-14-6-1)3-4-13-16-11-5-7-15-9-12(11)17-13/h1-2,5-9H,3-4H2,(H,16,17). The van der Waals surface area contributed by atoms with Gasteiger partial charge in [-0.05, 0) is 24.1 Å². The van der Waals surface area contributed by atoms with Crippen molar-refractivity contribution in [2.24, 2.45) is 0 Å². The summed E-state index contributed by atoms with van der Waals surface area (Å²) in [4.78, 5) is 15.9. The van der Waals surface area contributed by atoms with Crippen molar-refractivity contribution in [2.75, 3.05) is 0 Å². The van der Waals surface area contributed by atoms with Crippen molar-refractivity contribution in [1.82, 2.24) is 19.9 Å². The second-order valence-corrected chi connectivity index (χ2v) is 3.94. The zero-order valence-corrected chi connectivity index (χ0v) is 9.30. The maximum absolute atomic E-state index is 4.51. The molecule has 0 aliphatic rings. The van der Waals surface area contributed by atoms with Gasteiger partial charge in [0.1, 0.15) is 5.82 Å². The molecule has 0 aliphatic heterocycles. The van der Waals surface area contributed by atoms with E-state index in [2.05, 4.69) is 26.0 Å². The van der Waals surface area contributed by atoms with Crippen molar-refractivity contribution in [1.29, 1.82) is 0 Å². The lowest BCUT2D eigenvalue weighted by atomic mass is 10.1. The largest absolute Gasteiger partial charge is 0.341 e. The van der Waals surface area contributed by atoms with Gasteiger partial charge in [-0.25, -0.2) is 4.98 Å². The molecule has 0 spiro atoms. The van der Waals surface area contributed by atoms with Crippen LogP contribution in [0.3, 0.4) is 0 Å². The lowest BCUT2D eigenvalue weighted by Gasteiger charge is -1.97. The molecule has 3 rings (SSSR count). The van der Waals surface area contributed by atoms with E-state index in [4.69, 9.17) is 0 Å². The third kappa shape index (κ3) is 2.15. The molecule has 0 aliphatic carbocycles. The summed E-state index contributed by atoms with van der Waals surface area (Å²) in [6, 6.07) is 5.95. The number of pyridine rings is 2. The van der Waals surface area contributed by atoms with Crippen LogP contribution in [0.25, 0.3) is 11.0 Å². The molecule has 3 aromatic rings. The number of nitrogens with one attached hydrogen (secondary N) is 1. The van der Waals surface area contributed by atoms with Gasteiger partial charge in [-0.1, -0.05) is 6.07 Å². The summed E-state index contributed by atoms with van der Waals surface area (Å²) in [6.45, 7) is 0. The van der Waals surface area contributed by atoms with Gasteiger partial charge >= 0.3 is 0 Å². The topological polar surface area (TPSA) is 54.5 Å². The quantitative estimate of drug-likeness (QED) is 0.741. The smallest absolute Gasteiger partial charge is 0.107 e. The Hall–Kier alpha value is -2.23. The van der Waals surface area contributed by atoms with Gasteiger partial charge in [-0.15, -0.1) is 0 Å². The number of hydrogen-bond donors (Lipinski definition) is 1. The first-order valence-corrected chi connectivity index (χ1v) is 5.59. The molecule has 0 aromatic carbocycles. The molecule has 0 radical (unpaired) electrons. The molecule has 0 bridgehead atoms. The van der Waals surface area contributed by atoms with Crippen molar-refractivity contribution < 1.29 is 0 Å². The number of fused-ring (bicyclic) bond motifs is 1. The molecule has 0 unspecified atom stereocenters. The van der Waals surface area contributed by atoms with Crippen molar-refractivity contribution in [2.45, 2.75) is 12.8 Å². The van der Waals surface area contributed by atoms with Gasteiger partial charge in [0.2, 0.25) is 0 Å². The number of H-pyrrole nitrogens is 1. The fourth-order valence-corrected chi connectivity index (χ4v) is 1.84. The van der Waals surface area contributed by atoms with Crippen LogP contribution in [-0.4, -0.2) is 19.9 Å². The van der Waals surface area contributed by atoms with Crippen LogP contribution in [0.2, 0.25) is 0 Å². The monoisotopic (exact) mass is 224 g/mol. The minimum absolute atomic E-state index is 0.889. The number of imidazole rings is 1. The molecule has 3 heterocycles. The van der Waals surface area contributed by atoms with Gasteiger partial charge in [-0.2, -0.15) is 0 Å². The van der Waals surface area contributed by atoms with E-state index in [0.717, 1.165) is 29.7 Å². The maximum Gasteiger partial charge on any atom is 0.107 e. The summed E-state index contributed by atoms with van der Waals surface area (Å²) in [5.74, 6) is 0.997. The first kappa shape index (κ1) is 9.96. The van der Waals surface area contributed by atoms with E-state index in [1.807, 2.05) is 18.3 Å². The first-order chi connectivity index (χ1) is 8.42. The van der Waals surface area contributed by atoms with Crippen LogP contribution in [0.4, 0.5) is 0 Å². The van der Waals surface area contributed by atoms with Crippen LogP contribution in [0.15, 0.2) is 43.0 Å². The highest BCUT2D eigenvalue weighted by molar-refractivity contribution is 5.73. The second-order valence-electron chi connectivity index (χ2n) is 3.94. The van der Waals surface area contributed by atoms with Gasteiger partial charge in [0.15, 0.2) is 0 Å². The summed E-state index contributed by atoms with van der Waals surface area (Å²) < 4.78 is 0. The lowest BCUT2D eigenvalue weighted by Crippen LogP contribution is -1.93. The molecule has 0 amide bonds. The summed E-state index contributed by atoms with van der Waals surface area (Å²) in [5, 5.41) is 0. The molecule has 1 N–H and O–H groups in total. The molecule has 0 atom stereocenters. The third-order valence-electron chi connectivity index (χ3n) is 2.71. The normalized spacial score (nSPS) is 10.8. The molecular weight excluding hydrogens is 212 g/mol. The summed E-state index contributed by atoms with van der Waals surface area (Å²) in [7, 11) is 0. The Kier molecular flexibility index (Phi) is 2.54. The molecule has 84 valence electrons. The predicted molar refractivity (Wildman–Crippen MR) is 65.5 cm³/mol. The average molecular weight is 224 g/mol. The van der Waals surface area contributed by atoms with Gasteiger partial charge in [-0.3, -0.25) is 9.97 Å². The highest BCUT2D eigenvalue weighted by Gasteiger charge is 2.02. The van der Waals surface area contributed by atoms with Crippen LogP contribution < -0.4 is 0 Å². The van der Waals surface area contributed by atoms with Gasteiger partial charge in [0.25, 0.3) is 0 Å². The number of rotatable bonds is 3. The van der Waals surface area contributed by atoms with E-state index >= 15 is 0 Å². The molecule has 4 heteroatoms. The van der Waals surface area contributed by atoms with Crippen LogP contribution in [0, 0.1) is 0 Å². The molecule has 0 saturated carbocycles. The number of aromatic amines is 1. The van der Waals surface area contributed by atoms with E-state index in [0.29, 0.717) is 0 Å². The SMILES string of the molecule is c1cncc(CCc2nc3ccncc3[nH]2)c1. The summed E-state index contributed by atoms with van der Waals surface area (Å²) >= 11 is 0. The highest BCUT2D eigenvalue weighted by Crippen LogP contribution is 2.10. The number of aryl methyl sites for hydroxylation is 2. The van der Waals surface area contributed by atoms with Crippen molar-refractivity contribution in [3.63, 3.8) is 0 Å². The summed E-state index contributed by atoms with van der Waals surface area (Å²) in [5.41, 5.74) is 3.20. The Morgan fingerprint density at radius 2 is 1.94 bits per heavy atom. The van der Waals surface area contributed by atoms with Gasteiger partial charge in [0.05, 0.1) is 17.2 Å². The number of aromatic nitrogens is 4. The van der Waals surface area contributed by atoms with E-state index in [9.17, 15) is 0 Å². The molecule has 3 aromatic heterocycles. The van der Waals surface area contributed by atoms with E-state index < -0.39 is 0 Å². The Balaban J connectivity index is 1.77. The first-order valence-electron chi connectivity index (χ1n) is 5.59. The van der Waals surface area contributed by atoms with Crippen molar-refractivity contribution >= 4 is 11.0 Å². The van der Waals surface area contributed by atoms with Gasteiger partial charge < -0.3 is 4.98 Å². The fourth-order valence-electron chi connectivity index (χ4n) is 1.84. The van der Waals surface area contributed by atoms with Crippen molar-refractivity contribution in [3.8, 4) is 0 Å². The Morgan fingerprint density at radius 1 is 1.00 bits per heavy atom. The Bertz CT molecular complexity index is 582. The molecule has 4 nitrogen and oxygen atoms in total. The van der Waals surface area contributed by atoms with Crippen LogP contribution in [-0.2, 0) is 12.8 Å². The minimum Gasteiger partial charge on any atom is -0.341 e. The van der Waals surface area contributed by atoms with Crippen LogP contribution in [0.1, 0.15) is 11.4 Å². The second kappa shape index (κ2) is 4.33. The van der Waals surface area contributed by atoms with E-state index in [-0.39, 0.29) is 0 Å². The Labute approximate surface area is 98.8 Å². The Morgan fingerprint density at radius 3 is 2.76 bits per heavy atom. The maximum atomic E-state index is 4.51. The fraction of sp³-hybridized carbons (Fsp3) is 0.154. The molecule has 17 heavy (non-hydrogen) atoms. The zero-order valence-electron chi connectivity index (χ0n) is 9.30. The zero-order chi connectivity index (χ0) is 11.5. The number of nitrogens with zero attached hydrogens (tertiary/aromatic N) is 3. The average Bonchev–Trinajstić information content (AvgIpc) is 2.80. The van der Waals surface area contributed by atoms with E-state index in [1.165, 1.54) is 5.56 Å². The highest BCUT2D eigenvalue weighted by atomic mass is 14.9. The molecule has 0 saturated heterocycles. The lowest BCUT2D eigenvalue weighted by molar-refractivity contribution is 0.884. The van der Waals surface area contributed by atoms with E-state index in [1.54, 1.807) is 18.6 Å². The van der Waals surface area contributed by atoms with Gasteiger partial charge in [0, 0.05) is 25.0 Å².